The van der Waals surface area contributed by atoms with E-state index in [0.717, 1.165) is 12.1 Å². The highest BCUT2D eigenvalue weighted by atomic mass is 19.4. The quantitative estimate of drug-likeness (QED) is 0.816. The Morgan fingerprint density at radius 3 is 2.63 bits per heavy atom. The van der Waals surface area contributed by atoms with Crippen molar-refractivity contribution in [2.45, 2.75) is 18.7 Å². The number of aromatic nitrogens is 2. The molecule has 1 aromatic heterocycles. The lowest BCUT2D eigenvalue weighted by atomic mass is 10.1. The summed E-state index contributed by atoms with van der Waals surface area (Å²) in [5, 5.41) is 8.01. The molecule has 1 aliphatic heterocycles. The normalized spacial score (nSPS) is 17.1. The van der Waals surface area contributed by atoms with Crippen LogP contribution in [-0.4, -0.2) is 54.3 Å². The first-order chi connectivity index (χ1) is 12.7. The van der Waals surface area contributed by atoms with E-state index in [2.05, 4.69) is 10.2 Å². The SMILES string of the molecule is CN(C)c1ccc(OC2CCN(C(=O)c3cccc(C(F)(F)F)c3)C2)nn1. The lowest BCUT2D eigenvalue weighted by molar-refractivity contribution is -0.137. The number of carbonyl (C=O) groups is 1. The van der Waals surface area contributed by atoms with E-state index in [1.807, 2.05) is 19.0 Å². The fourth-order valence-electron chi connectivity index (χ4n) is 2.81. The molecule has 0 saturated carbocycles. The Labute approximate surface area is 154 Å². The zero-order valence-corrected chi connectivity index (χ0v) is 14.9. The summed E-state index contributed by atoms with van der Waals surface area (Å²) >= 11 is 0. The van der Waals surface area contributed by atoms with Crippen molar-refractivity contribution in [2.24, 2.45) is 0 Å². The Morgan fingerprint density at radius 2 is 2.00 bits per heavy atom. The van der Waals surface area contributed by atoms with Crippen LogP contribution >= 0.6 is 0 Å². The summed E-state index contributed by atoms with van der Waals surface area (Å²) in [6.07, 6.45) is -4.19. The van der Waals surface area contributed by atoms with Crippen LogP contribution in [-0.2, 0) is 6.18 Å². The number of nitrogens with zero attached hydrogens (tertiary/aromatic N) is 4. The third-order valence-electron chi connectivity index (χ3n) is 4.24. The van der Waals surface area contributed by atoms with Crippen molar-refractivity contribution in [3.05, 3.63) is 47.5 Å². The van der Waals surface area contributed by atoms with E-state index in [4.69, 9.17) is 4.74 Å². The van der Waals surface area contributed by atoms with Crippen molar-refractivity contribution in [3.8, 4) is 5.88 Å². The number of ether oxygens (including phenoxy) is 1. The van der Waals surface area contributed by atoms with Crippen LogP contribution in [0.3, 0.4) is 0 Å². The molecule has 0 radical (unpaired) electrons. The van der Waals surface area contributed by atoms with Gasteiger partial charge in [0, 0.05) is 38.7 Å². The Bertz CT molecular complexity index is 809. The fourth-order valence-corrected chi connectivity index (χ4v) is 2.81. The van der Waals surface area contributed by atoms with Gasteiger partial charge in [0.15, 0.2) is 5.82 Å². The molecule has 1 saturated heterocycles. The van der Waals surface area contributed by atoms with Crippen molar-refractivity contribution >= 4 is 11.7 Å². The van der Waals surface area contributed by atoms with E-state index in [9.17, 15) is 18.0 Å². The van der Waals surface area contributed by atoms with Gasteiger partial charge >= 0.3 is 6.18 Å². The number of rotatable bonds is 4. The van der Waals surface area contributed by atoms with Crippen LogP contribution in [0.15, 0.2) is 36.4 Å². The van der Waals surface area contributed by atoms with Gasteiger partial charge in [0.05, 0.1) is 12.1 Å². The van der Waals surface area contributed by atoms with Crippen LogP contribution in [0.1, 0.15) is 22.3 Å². The molecule has 1 aliphatic rings. The van der Waals surface area contributed by atoms with Crippen LogP contribution in [0.5, 0.6) is 5.88 Å². The average Bonchev–Trinajstić information content (AvgIpc) is 3.09. The number of likely N-dealkylation sites (tertiary alicyclic amines) is 1. The Morgan fingerprint density at radius 1 is 1.22 bits per heavy atom. The minimum absolute atomic E-state index is 0.0144. The number of amides is 1. The molecular weight excluding hydrogens is 361 g/mol. The van der Waals surface area contributed by atoms with E-state index >= 15 is 0 Å². The second-order valence-electron chi connectivity index (χ2n) is 6.48. The fraction of sp³-hybridized carbons (Fsp3) is 0.389. The molecule has 9 heteroatoms. The van der Waals surface area contributed by atoms with E-state index in [0.29, 0.717) is 24.7 Å². The van der Waals surface area contributed by atoms with E-state index in [1.54, 1.807) is 12.1 Å². The van der Waals surface area contributed by atoms with Gasteiger partial charge in [-0.15, -0.1) is 10.2 Å². The molecule has 1 amide bonds. The highest BCUT2D eigenvalue weighted by Crippen LogP contribution is 2.30. The Kier molecular flexibility index (Phi) is 5.20. The summed E-state index contributed by atoms with van der Waals surface area (Å²) in [7, 11) is 3.69. The maximum Gasteiger partial charge on any atom is 0.416 e. The summed E-state index contributed by atoms with van der Waals surface area (Å²) in [5.74, 6) is 0.593. The topological polar surface area (TPSA) is 58.6 Å². The molecule has 2 heterocycles. The van der Waals surface area contributed by atoms with E-state index in [-0.39, 0.29) is 18.2 Å². The Balaban J connectivity index is 1.63. The molecule has 27 heavy (non-hydrogen) atoms. The number of alkyl halides is 3. The lowest BCUT2D eigenvalue weighted by Gasteiger charge is -2.18. The smallest absolute Gasteiger partial charge is 0.416 e. The van der Waals surface area contributed by atoms with Gasteiger partial charge < -0.3 is 14.5 Å². The third kappa shape index (κ3) is 4.47. The van der Waals surface area contributed by atoms with Gasteiger partial charge in [0.1, 0.15) is 6.10 Å². The molecule has 1 fully saturated rings. The molecule has 2 aromatic rings. The standard InChI is InChI=1S/C18H19F3N4O2/c1-24(2)15-6-7-16(23-22-15)27-14-8-9-25(11-14)17(26)12-4-3-5-13(10-12)18(19,20)21/h3-7,10,14H,8-9,11H2,1-2H3. The van der Waals surface area contributed by atoms with Crippen molar-refractivity contribution in [2.75, 3.05) is 32.1 Å². The highest BCUT2D eigenvalue weighted by molar-refractivity contribution is 5.94. The maximum absolute atomic E-state index is 12.8. The third-order valence-corrected chi connectivity index (χ3v) is 4.24. The molecule has 144 valence electrons. The van der Waals surface area contributed by atoms with Gasteiger partial charge in [-0.05, 0) is 24.3 Å². The van der Waals surface area contributed by atoms with E-state index < -0.39 is 17.6 Å². The summed E-state index contributed by atoms with van der Waals surface area (Å²) < 4.78 is 44.2. The second-order valence-corrected chi connectivity index (χ2v) is 6.48. The van der Waals surface area contributed by atoms with Gasteiger partial charge in [0.25, 0.3) is 5.91 Å². The predicted molar refractivity (Wildman–Crippen MR) is 92.7 cm³/mol. The van der Waals surface area contributed by atoms with Gasteiger partial charge in [-0.3, -0.25) is 4.79 Å². The predicted octanol–water partition coefficient (Wildman–Crippen LogP) is 2.85. The first-order valence-corrected chi connectivity index (χ1v) is 8.38. The molecule has 1 unspecified atom stereocenters. The van der Waals surface area contributed by atoms with Gasteiger partial charge in [-0.2, -0.15) is 13.2 Å². The second kappa shape index (κ2) is 7.42. The van der Waals surface area contributed by atoms with Crippen LogP contribution in [0.4, 0.5) is 19.0 Å². The van der Waals surface area contributed by atoms with Crippen molar-refractivity contribution < 1.29 is 22.7 Å². The van der Waals surface area contributed by atoms with Gasteiger partial charge in [0.2, 0.25) is 5.88 Å². The number of benzene rings is 1. The number of hydrogen-bond acceptors (Lipinski definition) is 5. The van der Waals surface area contributed by atoms with Gasteiger partial charge in [-0.1, -0.05) is 6.07 Å². The molecule has 6 nitrogen and oxygen atoms in total. The molecule has 1 aromatic carbocycles. The first-order valence-electron chi connectivity index (χ1n) is 8.38. The minimum Gasteiger partial charge on any atom is -0.471 e. The minimum atomic E-state index is -4.48. The van der Waals surface area contributed by atoms with Crippen LogP contribution in [0.2, 0.25) is 0 Å². The molecule has 0 N–H and O–H groups in total. The van der Waals surface area contributed by atoms with Crippen molar-refractivity contribution in [1.82, 2.24) is 15.1 Å². The zero-order valence-electron chi connectivity index (χ0n) is 14.9. The lowest BCUT2D eigenvalue weighted by Crippen LogP contribution is -2.31. The summed E-state index contributed by atoms with van der Waals surface area (Å²) in [6.45, 7) is 0.690. The largest absolute Gasteiger partial charge is 0.471 e. The molecular formula is C18H19F3N4O2. The molecule has 0 spiro atoms. The van der Waals surface area contributed by atoms with E-state index in [1.165, 1.54) is 17.0 Å². The maximum atomic E-state index is 12.8. The monoisotopic (exact) mass is 380 g/mol. The number of halogens is 3. The number of anilines is 1. The van der Waals surface area contributed by atoms with Gasteiger partial charge in [-0.25, -0.2) is 0 Å². The average molecular weight is 380 g/mol. The molecule has 3 rings (SSSR count). The Hall–Kier alpha value is -2.84. The summed E-state index contributed by atoms with van der Waals surface area (Å²) in [6, 6.07) is 7.91. The first kappa shape index (κ1) is 18.9. The molecule has 0 aliphatic carbocycles. The molecule has 0 bridgehead atoms. The van der Waals surface area contributed by atoms with Crippen LogP contribution in [0.25, 0.3) is 0 Å². The van der Waals surface area contributed by atoms with Crippen LogP contribution < -0.4 is 9.64 Å². The number of carbonyl (C=O) groups excluding carboxylic acids is 1. The summed E-state index contributed by atoms with van der Waals surface area (Å²) in [4.78, 5) is 15.8. The van der Waals surface area contributed by atoms with Crippen molar-refractivity contribution in [1.29, 1.82) is 0 Å². The van der Waals surface area contributed by atoms with Crippen LogP contribution in [0, 0.1) is 0 Å². The number of hydrogen-bond donors (Lipinski definition) is 0. The van der Waals surface area contributed by atoms with Crippen molar-refractivity contribution in [3.63, 3.8) is 0 Å². The highest BCUT2D eigenvalue weighted by Gasteiger charge is 2.33. The zero-order chi connectivity index (χ0) is 19.6. The summed E-state index contributed by atoms with van der Waals surface area (Å²) in [5.41, 5.74) is -0.822. The molecule has 1 atom stereocenters.